The Morgan fingerprint density at radius 1 is 0.682 bits per heavy atom. The fourth-order valence-corrected chi connectivity index (χ4v) is 3.23. The fourth-order valence-electron chi connectivity index (χ4n) is 1.96. The smallest absolute Gasteiger partial charge is 0.0732 e. The lowest BCUT2D eigenvalue weighted by molar-refractivity contribution is 1.11. The molecule has 0 fully saturated rings. The highest BCUT2D eigenvalue weighted by Gasteiger charge is 1.93. The molecule has 0 aliphatic carbocycles. The van der Waals surface area contributed by atoms with E-state index in [4.69, 9.17) is 0 Å². The average Bonchev–Trinajstić information content (AvgIpc) is 3.22. The van der Waals surface area contributed by atoms with Crippen LogP contribution >= 0.6 is 22.7 Å². The fraction of sp³-hybridized carbons (Fsp3) is 0.111. The summed E-state index contributed by atoms with van der Waals surface area (Å²) in [6.07, 6.45) is 3.85. The van der Waals surface area contributed by atoms with Gasteiger partial charge in [-0.25, -0.2) is 0 Å². The SMILES string of the molecule is C(=NCc1cccs1)c1ccc(C=NCc2cccs2)cc1. The minimum absolute atomic E-state index is 0.752. The van der Waals surface area contributed by atoms with Crippen molar-refractivity contribution >= 4 is 35.1 Å². The van der Waals surface area contributed by atoms with E-state index in [2.05, 4.69) is 69.3 Å². The standard InChI is InChI=1S/C18H16N2S2/c1-3-17(21-9-1)13-19-11-15-5-7-16(8-6-15)12-20-14-18-4-2-10-22-18/h1-12H,13-14H2. The van der Waals surface area contributed by atoms with Crippen LogP contribution in [0.25, 0.3) is 0 Å². The van der Waals surface area contributed by atoms with Gasteiger partial charge in [0.25, 0.3) is 0 Å². The van der Waals surface area contributed by atoms with Gasteiger partial charge >= 0.3 is 0 Å². The Labute approximate surface area is 138 Å². The molecule has 0 unspecified atom stereocenters. The van der Waals surface area contributed by atoms with Crippen molar-refractivity contribution in [2.45, 2.75) is 13.1 Å². The van der Waals surface area contributed by atoms with Crippen molar-refractivity contribution in [3.8, 4) is 0 Å². The van der Waals surface area contributed by atoms with Crippen molar-refractivity contribution in [2.24, 2.45) is 9.98 Å². The van der Waals surface area contributed by atoms with Crippen LogP contribution in [0, 0.1) is 0 Å². The van der Waals surface area contributed by atoms with Crippen LogP contribution in [0.1, 0.15) is 20.9 Å². The maximum atomic E-state index is 4.46. The molecule has 0 bridgehead atoms. The number of thiophene rings is 2. The molecule has 0 atom stereocenters. The van der Waals surface area contributed by atoms with Gasteiger partial charge in [-0.3, -0.25) is 9.98 Å². The van der Waals surface area contributed by atoms with Crippen molar-refractivity contribution in [3.63, 3.8) is 0 Å². The topological polar surface area (TPSA) is 24.7 Å². The molecule has 0 saturated heterocycles. The van der Waals surface area contributed by atoms with Crippen LogP contribution in [0.5, 0.6) is 0 Å². The van der Waals surface area contributed by atoms with E-state index in [-0.39, 0.29) is 0 Å². The quantitative estimate of drug-likeness (QED) is 0.567. The van der Waals surface area contributed by atoms with E-state index >= 15 is 0 Å². The lowest BCUT2D eigenvalue weighted by Gasteiger charge is -1.96. The van der Waals surface area contributed by atoms with Gasteiger partial charge in [-0.15, -0.1) is 22.7 Å². The predicted octanol–water partition coefficient (Wildman–Crippen LogP) is 5.05. The molecule has 0 aliphatic rings. The number of rotatable bonds is 6. The summed E-state index contributed by atoms with van der Waals surface area (Å²) in [7, 11) is 0. The normalized spacial score (nSPS) is 11.6. The Hall–Kier alpha value is -2.04. The summed E-state index contributed by atoms with van der Waals surface area (Å²) in [5, 5.41) is 4.16. The Morgan fingerprint density at radius 2 is 1.14 bits per heavy atom. The van der Waals surface area contributed by atoms with Gasteiger partial charge in [0.15, 0.2) is 0 Å². The van der Waals surface area contributed by atoms with Crippen molar-refractivity contribution in [1.82, 2.24) is 0 Å². The number of aliphatic imine (C=N–C) groups is 2. The molecule has 3 aromatic rings. The molecule has 2 heterocycles. The average molecular weight is 324 g/mol. The van der Waals surface area contributed by atoms with Gasteiger partial charge in [0, 0.05) is 22.2 Å². The first-order valence-corrected chi connectivity index (χ1v) is 8.80. The first-order valence-electron chi connectivity index (χ1n) is 7.05. The van der Waals surface area contributed by atoms with Crippen LogP contribution in [0.15, 0.2) is 69.3 Å². The highest BCUT2D eigenvalue weighted by atomic mass is 32.1. The van der Waals surface area contributed by atoms with Crippen LogP contribution in [-0.2, 0) is 13.1 Å². The lowest BCUT2D eigenvalue weighted by atomic mass is 10.1. The largest absolute Gasteiger partial charge is 0.287 e. The third-order valence-electron chi connectivity index (χ3n) is 3.07. The van der Waals surface area contributed by atoms with Gasteiger partial charge in [-0.05, 0) is 34.0 Å². The summed E-state index contributed by atoms with van der Waals surface area (Å²) in [5.41, 5.74) is 2.24. The molecule has 110 valence electrons. The molecule has 0 saturated carbocycles. The van der Waals surface area contributed by atoms with Gasteiger partial charge < -0.3 is 0 Å². The molecule has 2 aromatic heterocycles. The molecule has 2 nitrogen and oxygen atoms in total. The van der Waals surface area contributed by atoms with Crippen molar-refractivity contribution in [3.05, 3.63) is 80.2 Å². The Morgan fingerprint density at radius 3 is 1.50 bits per heavy atom. The molecule has 0 N–H and O–H groups in total. The Balaban J connectivity index is 1.53. The summed E-state index contributed by atoms with van der Waals surface area (Å²) < 4.78 is 0. The van der Waals surface area contributed by atoms with Crippen LogP contribution in [0.4, 0.5) is 0 Å². The highest BCUT2D eigenvalue weighted by Crippen LogP contribution is 2.10. The van der Waals surface area contributed by atoms with E-state index in [9.17, 15) is 0 Å². The van der Waals surface area contributed by atoms with E-state index in [1.807, 2.05) is 12.4 Å². The molecule has 0 amide bonds. The molecule has 0 aliphatic heterocycles. The van der Waals surface area contributed by atoms with Gasteiger partial charge in [0.2, 0.25) is 0 Å². The molecule has 0 radical (unpaired) electrons. The zero-order chi connectivity index (χ0) is 15.0. The van der Waals surface area contributed by atoms with Gasteiger partial charge in [0.05, 0.1) is 13.1 Å². The summed E-state index contributed by atoms with van der Waals surface area (Å²) in [6, 6.07) is 16.6. The first kappa shape index (κ1) is 14.9. The van der Waals surface area contributed by atoms with Crippen LogP contribution in [0.2, 0.25) is 0 Å². The number of benzene rings is 1. The van der Waals surface area contributed by atoms with E-state index in [1.54, 1.807) is 22.7 Å². The highest BCUT2D eigenvalue weighted by molar-refractivity contribution is 7.10. The van der Waals surface area contributed by atoms with Crippen molar-refractivity contribution in [1.29, 1.82) is 0 Å². The number of nitrogens with zero attached hydrogens (tertiary/aromatic N) is 2. The van der Waals surface area contributed by atoms with Gasteiger partial charge in [-0.2, -0.15) is 0 Å². The summed E-state index contributed by atoms with van der Waals surface area (Å²) in [5.74, 6) is 0. The third kappa shape index (κ3) is 4.48. The minimum Gasteiger partial charge on any atom is -0.287 e. The molecular weight excluding hydrogens is 308 g/mol. The second-order valence-corrected chi connectivity index (χ2v) is 6.83. The van der Waals surface area contributed by atoms with Crippen LogP contribution in [-0.4, -0.2) is 12.4 Å². The van der Waals surface area contributed by atoms with Crippen LogP contribution < -0.4 is 0 Å². The van der Waals surface area contributed by atoms with E-state index in [1.165, 1.54) is 9.75 Å². The molecule has 1 aromatic carbocycles. The summed E-state index contributed by atoms with van der Waals surface area (Å²) >= 11 is 3.48. The molecule has 0 spiro atoms. The number of hydrogen-bond acceptors (Lipinski definition) is 4. The lowest BCUT2D eigenvalue weighted by Crippen LogP contribution is -1.86. The molecule has 22 heavy (non-hydrogen) atoms. The van der Waals surface area contributed by atoms with Gasteiger partial charge in [-0.1, -0.05) is 36.4 Å². The van der Waals surface area contributed by atoms with Crippen molar-refractivity contribution in [2.75, 3.05) is 0 Å². The van der Waals surface area contributed by atoms with Gasteiger partial charge in [0.1, 0.15) is 0 Å². The molecular formula is C18H16N2S2. The third-order valence-corrected chi connectivity index (χ3v) is 4.79. The summed E-state index contributed by atoms with van der Waals surface area (Å²) in [6.45, 7) is 1.50. The zero-order valence-corrected chi connectivity index (χ0v) is 13.7. The predicted molar refractivity (Wildman–Crippen MR) is 97.7 cm³/mol. The minimum atomic E-state index is 0.752. The van der Waals surface area contributed by atoms with Crippen LogP contribution in [0.3, 0.4) is 0 Å². The monoisotopic (exact) mass is 324 g/mol. The maximum Gasteiger partial charge on any atom is 0.0732 e. The second kappa shape index (κ2) is 7.82. The van der Waals surface area contributed by atoms with E-state index in [0.29, 0.717) is 0 Å². The first-order chi connectivity index (χ1) is 10.9. The van der Waals surface area contributed by atoms with E-state index < -0.39 is 0 Å². The molecule has 3 rings (SSSR count). The number of hydrogen-bond donors (Lipinski definition) is 0. The summed E-state index contributed by atoms with van der Waals surface area (Å²) in [4.78, 5) is 11.5. The molecule has 4 heteroatoms. The van der Waals surface area contributed by atoms with Crippen molar-refractivity contribution < 1.29 is 0 Å². The Kier molecular flexibility index (Phi) is 5.29. The van der Waals surface area contributed by atoms with E-state index in [0.717, 1.165) is 24.2 Å². The Bertz CT molecular complexity index is 659. The second-order valence-electron chi connectivity index (χ2n) is 4.76. The maximum absolute atomic E-state index is 4.46. The zero-order valence-electron chi connectivity index (χ0n) is 12.1.